The number of aryl methyl sites for hydroxylation is 1. The lowest BCUT2D eigenvalue weighted by atomic mass is 10.0. The Morgan fingerprint density at radius 3 is 2.38 bits per heavy atom. The summed E-state index contributed by atoms with van der Waals surface area (Å²) in [5, 5.41) is 5.14. The molecule has 0 heterocycles. The Balaban J connectivity index is 2.76. The first-order valence-corrected chi connectivity index (χ1v) is 7.70. The zero-order valence-electron chi connectivity index (χ0n) is 14.7. The average molecular weight is 335 g/mol. The van der Waals surface area contributed by atoms with Gasteiger partial charge in [-0.2, -0.15) is 0 Å². The molecule has 0 spiro atoms. The molecule has 0 saturated heterocycles. The molecule has 1 atom stereocenters. The highest BCUT2D eigenvalue weighted by Gasteiger charge is 2.18. The predicted octanol–water partition coefficient (Wildman–Crippen LogP) is 1.13. The Bertz CT molecular complexity index is 641. The summed E-state index contributed by atoms with van der Waals surface area (Å²) in [5.74, 6) is -1.27. The number of amides is 2. The lowest BCUT2D eigenvalue weighted by Crippen LogP contribution is -2.46. The largest absolute Gasteiger partial charge is 0.465 e. The molecule has 1 aromatic carbocycles. The maximum absolute atomic E-state index is 12.0. The maximum atomic E-state index is 12.0. The van der Waals surface area contributed by atoms with Gasteiger partial charge in [0, 0.05) is 5.69 Å². The van der Waals surface area contributed by atoms with E-state index in [9.17, 15) is 14.4 Å². The summed E-state index contributed by atoms with van der Waals surface area (Å²) < 4.78 is 4.74. The summed E-state index contributed by atoms with van der Waals surface area (Å²) in [6, 6.07) is 2.64. The van der Waals surface area contributed by atoms with Crippen molar-refractivity contribution in [2.24, 2.45) is 11.7 Å². The molecule has 0 aromatic heterocycles. The quantitative estimate of drug-likeness (QED) is 0.675. The van der Waals surface area contributed by atoms with Crippen LogP contribution in [0, 0.1) is 19.8 Å². The zero-order valence-corrected chi connectivity index (χ0v) is 14.7. The van der Waals surface area contributed by atoms with Gasteiger partial charge in [-0.05, 0) is 43.0 Å². The van der Waals surface area contributed by atoms with Crippen molar-refractivity contribution in [2.75, 3.05) is 19.0 Å². The van der Waals surface area contributed by atoms with Gasteiger partial charge < -0.3 is 21.1 Å². The summed E-state index contributed by atoms with van der Waals surface area (Å²) in [6.07, 6.45) is 0. The van der Waals surface area contributed by atoms with E-state index >= 15 is 0 Å². The number of rotatable bonds is 6. The van der Waals surface area contributed by atoms with Crippen LogP contribution in [-0.4, -0.2) is 37.5 Å². The molecule has 0 unspecified atom stereocenters. The molecule has 0 radical (unpaired) electrons. The van der Waals surface area contributed by atoms with E-state index in [1.165, 1.54) is 7.11 Å². The molecular formula is C17H25N3O4. The molecular weight excluding hydrogens is 310 g/mol. The zero-order chi connectivity index (χ0) is 18.4. The first kappa shape index (κ1) is 19.6. The molecule has 1 aromatic rings. The maximum Gasteiger partial charge on any atom is 0.338 e. The van der Waals surface area contributed by atoms with Crippen LogP contribution in [0.25, 0.3) is 0 Å². The van der Waals surface area contributed by atoms with Gasteiger partial charge in [-0.15, -0.1) is 0 Å². The molecule has 7 heteroatoms. The highest BCUT2D eigenvalue weighted by Crippen LogP contribution is 2.20. The van der Waals surface area contributed by atoms with Gasteiger partial charge >= 0.3 is 5.97 Å². The van der Waals surface area contributed by atoms with Crippen LogP contribution in [-0.2, 0) is 14.3 Å². The number of benzene rings is 1. The van der Waals surface area contributed by atoms with Crippen LogP contribution < -0.4 is 16.4 Å². The molecule has 24 heavy (non-hydrogen) atoms. The molecule has 0 fully saturated rings. The number of nitrogens with one attached hydrogen (secondary N) is 2. The van der Waals surface area contributed by atoms with E-state index in [2.05, 4.69) is 10.6 Å². The lowest BCUT2D eigenvalue weighted by Gasteiger charge is -2.15. The van der Waals surface area contributed by atoms with Crippen LogP contribution in [0.1, 0.15) is 35.3 Å². The summed E-state index contributed by atoms with van der Waals surface area (Å²) >= 11 is 0. The van der Waals surface area contributed by atoms with Crippen LogP contribution in [0.3, 0.4) is 0 Å². The summed E-state index contributed by atoms with van der Waals surface area (Å²) in [7, 11) is 1.30. The van der Waals surface area contributed by atoms with Crippen LogP contribution in [0.5, 0.6) is 0 Å². The van der Waals surface area contributed by atoms with Gasteiger partial charge in [0.05, 0.1) is 25.3 Å². The topological polar surface area (TPSA) is 111 Å². The Labute approximate surface area is 141 Å². The minimum atomic E-state index is -0.662. The first-order chi connectivity index (χ1) is 11.2. The van der Waals surface area contributed by atoms with E-state index in [1.54, 1.807) is 19.1 Å². The minimum absolute atomic E-state index is 0.0181. The molecule has 0 aliphatic heterocycles. The fraction of sp³-hybridized carbons (Fsp3) is 0.471. The summed E-state index contributed by atoms with van der Waals surface area (Å²) in [6.45, 7) is 7.10. The molecule has 0 saturated carbocycles. The molecule has 0 aliphatic rings. The van der Waals surface area contributed by atoms with E-state index in [0.29, 0.717) is 11.3 Å². The van der Waals surface area contributed by atoms with Gasteiger partial charge in [0.1, 0.15) is 0 Å². The summed E-state index contributed by atoms with van der Waals surface area (Å²) in [4.78, 5) is 35.5. The second-order valence-corrected chi connectivity index (χ2v) is 5.99. The lowest BCUT2D eigenvalue weighted by molar-refractivity contribution is -0.125. The molecule has 1 rings (SSSR count). The third-order valence-corrected chi connectivity index (χ3v) is 3.80. The highest BCUT2D eigenvalue weighted by molar-refractivity contribution is 5.98. The molecule has 4 N–H and O–H groups in total. The third kappa shape index (κ3) is 5.06. The third-order valence-electron chi connectivity index (χ3n) is 3.80. The van der Waals surface area contributed by atoms with Crippen molar-refractivity contribution in [3.63, 3.8) is 0 Å². The van der Waals surface area contributed by atoms with Gasteiger partial charge in [-0.25, -0.2) is 4.79 Å². The van der Waals surface area contributed by atoms with Crippen molar-refractivity contribution in [1.82, 2.24) is 5.32 Å². The molecule has 2 amide bonds. The fourth-order valence-corrected chi connectivity index (χ4v) is 2.05. The molecule has 0 aliphatic carbocycles. The van der Waals surface area contributed by atoms with Gasteiger partial charge in [0.15, 0.2) is 0 Å². The monoisotopic (exact) mass is 335 g/mol. The van der Waals surface area contributed by atoms with Gasteiger partial charge in [0.25, 0.3) is 0 Å². The Morgan fingerprint density at radius 2 is 1.83 bits per heavy atom. The fourth-order valence-electron chi connectivity index (χ4n) is 2.05. The Kier molecular flexibility index (Phi) is 6.91. The number of carbonyl (C=O) groups is 3. The van der Waals surface area contributed by atoms with E-state index in [0.717, 1.165) is 11.1 Å². The number of anilines is 1. The standard InChI is InChI=1S/C17H25N3O4/c1-9(2)15(18)16(22)19-8-14(21)20-12-6-10(3)11(4)13(7-12)17(23)24-5/h6-7,9,15H,8,18H2,1-5H3,(H,19,22)(H,20,21)/t15-/m0/s1. The van der Waals surface area contributed by atoms with Crippen LogP contribution in [0.4, 0.5) is 5.69 Å². The Morgan fingerprint density at radius 1 is 1.21 bits per heavy atom. The first-order valence-electron chi connectivity index (χ1n) is 7.70. The number of nitrogens with two attached hydrogens (primary N) is 1. The number of hydrogen-bond donors (Lipinski definition) is 3. The van der Waals surface area contributed by atoms with Crippen molar-refractivity contribution < 1.29 is 19.1 Å². The van der Waals surface area contributed by atoms with Crippen molar-refractivity contribution in [2.45, 2.75) is 33.7 Å². The highest BCUT2D eigenvalue weighted by atomic mass is 16.5. The normalized spacial score (nSPS) is 11.8. The van der Waals surface area contributed by atoms with E-state index in [4.69, 9.17) is 10.5 Å². The van der Waals surface area contributed by atoms with Crippen molar-refractivity contribution in [1.29, 1.82) is 0 Å². The average Bonchev–Trinajstić information content (AvgIpc) is 2.54. The number of carbonyl (C=O) groups excluding carboxylic acids is 3. The minimum Gasteiger partial charge on any atom is -0.465 e. The second-order valence-electron chi connectivity index (χ2n) is 5.99. The van der Waals surface area contributed by atoms with Crippen LogP contribution >= 0.6 is 0 Å². The Hall–Kier alpha value is -2.41. The van der Waals surface area contributed by atoms with Crippen molar-refractivity contribution >= 4 is 23.5 Å². The van der Waals surface area contributed by atoms with Crippen molar-refractivity contribution in [3.05, 3.63) is 28.8 Å². The molecule has 0 bridgehead atoms. The van der Waals surface area contributed by atoms with E-state index < -0.39 is 17.9 Å². The number of hydrogen-bond acceptors (Lipinski definition) is 5. The summed E-state index contributed by atoms with van der Waals surface area (Å²) in [5.41, 5.74) is 8.19. The van der Waals surface area contributed by atoms with E-state index in [1.807, 2.05) is 20.8 Å². The van der Waals surface area contributed by atoms with Crippen LogP contribution in [0.2, 0.25) is 0 Å². The number of methoxy groups -OCH3 is 1. The molecule has 132 valence electrons. The van der Waals surface area contributed by atoms with Gasteiger partial charge in [-0.1, -0.05) is 13.8 Å². The van der Waals surface area contributed by atoms with Gasteiger partial charge in [-0.3, -0.25) is 9.59 Å². The smallest absolute Gasteiger partial charge is 0.338 e. The van der Waals surface area contributed by atoms with Crippen LogP contribution in [0.15, 0.2) is 12.1 Å². The molecule has 7 nitrogen and oxygen atoms in total. The predicted molar refractivity (Wildman–Crippen MR) is 91.7 cm³/mol. The van der Waals surface area contributed by atoms with Gasteiger partial charge in [0.2, 0.25) is 11.8 Å². The van der Waals surface area contributed by atoms with E-state index in [-0.39, 0.29) is 18.4 Å². The second kappa shape index (κ2) is 8.44. The number of esters is 1. The van der Waals surface area contributed by atoms with Crippen molar-refractivity contribution in [3.8, 4) is 0 Å². The SMILES string of the molecule is COC(=O)c1cc(NC(=O)CNC(=O)[C@@H](N)C(C)C)cc(C)c1C. The number of ether oxygens (including phenoxy) is 1.